The Kier molecular flexibility index (Phi) is 7.08. The molecule has 0 fully saturated rings. The highest BCUT2D eigenvalue weighted by Crippen LogP contribution is 2.26. The second-order valence-electron chi connectivity index (χ2n) is 6.29. The molecule has 1 aromatic carbocycles. The van der Waals surface area contributed by atoms with E-state index >= 15 is 0 Å². The number of esters is 1. The molecule has 162 valence electrons. The molecule has 0 saturated heterocycles. The van der Waals surface area contributed by atoms with Gasteiger partial charge in [0.2, 0.25) is 11.8 Å². The van der Waals surface area contributed by atoms with E-state index in [4.69, 9.17) is 9.15 Å². The van der Waals surface area contributed by atoms with Crippen molar-refractivity contribution in [2.45, 2.75) is 13.3 Å². The number of carbonyl (C=O) groups is 3. The van der Waals surface area contributed by atoms with Gasteiger partial charge in [-0.05, 0) is 30.5 Å². The molecule has 0 aliphatic rings. The van der Waals surface area contributed by atoms with Crippen LogP contribution in [0.15, 0.2) is 40.1 Å². The van der Waals surface area contributed by atoms with E-state index in [0.29, 0.717) is 17.3 Å². The lowest BCUT2D eigenvalue weighted by atomic mass is 10.3. The number of oxazole rings is 1. The fourth-order valence-corrected chi connectivity index (χ4v) is 3.09. The van der Waals surface area contributed by atoms with Crippen molar-refractivity contribution in [3.8, 4) is 10.8 Å². The molecule has 2 aromatic heterocycles. The summed E-state index contributed by atoms with van der Waals surface area (Å²) in [6.07, 6.45) is -0.176. The molecule has 0 bridgehead atoms. The number of anilines is 1. The van der Waals surface area contributed by atoms with Gasteiger partial charge < -0.3 is 19.8 Å². The molecular formula is C20H17F2N3O5S. The number of carbonyl (C=O) groups excluding carboxylic acids is 3. The normalized spacial score (nSPS) is 10.5. The minimum atomic E-state index is -1.11. The SMILES string of the molecule is Cc1oc(-c2cccs2)nc1CC(=O)OCC(=O)NCC(=O)Nc1ccc(F)c(F)c1. The molecule has 2 N–H and O–H groups in total. The first kappa shape index (κ1) is 22.1. The summed E-state index contributed by atoms with van der Waals surface area (Å²) in [5, 5.41) is 6.42. The maximum absolute atomic E-state index is 13.1. The van der Waals surface area contributed by atoms with Crippen LogP contribution in [0.3, 0.4) is 0 Å². The summed E-state index contributed by atoms with van der Waals surface area (Å²) < 4.78 is 36.4. The molecule has 0 saturated carbocycles. The average Bonchev–Trinajstić information content (AvgIpc) is 3.38. The van der Waals surface area contributed by atoms with Gasteiger partial charge in [-0.1, -0.05) is 6.07 Å². The monoisotopic (exact) mass is 449 g/mol. The van der Waals surface area contributed by atoms with Crippen LogP contribution >= 0.6 is 11.3 Å². The molecule has 3 aromatic rings. The van der Waals surface area contributed by atoms with Crippen LogP contribution in [0, 0.1) is 18.6 Å². The third-order valence-electron chi connectivity index (χ3n) is 3.95. The molecule has 0 aliphatic carbocycles. The van der Waals surface area contributed by atoms with Crippen molar-refractivity contribution in [1.82, 2.24) is 10.3 Å². The van der Waals surface area contributed by atoms with Crippen molar-refractivity contribution >= 4 is 34.8 Å². The summed E-state index contributed by atoms with van der Waals surface area (Å²) in [4.78, 5) is 40.6. The Labute approximate surface area is 179 Å². The number of nitrogens with zero attached hydrogens (tertiary/aromatic N) is 1. The smallest absolute Gasteiger partial charge is 0.312 e. The fourth-order valence-electron chi connectivity index (χ4n) is 2.44. The Morgan fingerprint density at radius 2 is 1.97 bits per heavy atom. The summed E-state index contributed by atoms with van der Waals surface area (Å²) in [6.45, 7) is 0.638. The quantitative estimate of drug-likeness (QED) is 0.512. The topological polar surface area (TPSA) is 111 Å². The van der Waals surface area contributed by atoms with Crippen molar-refractivity contribution in [3.05, 3.63) is 58.8 Å². The molecule has 8 nitrogen and oxygen atoms in total. The van der Waals surface area contributed by atoms with E-state index in [0.717, 1.165) is 17.0 Å². The Morgan fingerprint density at radius 1 is 1.16 bits per heavy atom. The number of hydrogen-bond donors (Lipinski definition) is 2. The number of hydrogen-bond acceptors (Lipinski definition) is 7. The lowest BCUT2D eigenvalue weighted by Crippen LogP contribution is -2.35. The van der Waals surface area contributed by atoms with Gasteiger partial charge in [-0.3, -0.25) is 14.4 Å². The summed E-state index contributed by atoms with van der Waals surface area (Å²) in [5.41, 5.74) is 0.439. The Hall–Kier alpha value is -3.60. The van der Waals surface area contributed by atoms with Crippen molar-refractivity contribution in [2.75, 3.05) is 18.5 Å². The maximum atomic E-state index is 13.1. The van der Waals surface area contributed by atoms with Gasteiger partial charge in [-0.2, -0.15) is 0 Å². The molecule has 3 rings (SSSR count). The summed E-state index contributed by atoms with van der Waals surface area (Å²) >= 11 is 1.45. The first-order valence-corrected chi connectivity index (χ1v) is 9.87. The number of rotatable bonds is 8. The first-order chi connectivity index (χ1) is 14.8. The predicted octanol–water partition coefficient (Wildman–Crippen LogP) is 2.83. The van der Waals surface area contributed by atoms with Gasteiger partial charge in [-0.15, -0.1) is 11.3 Å². The number of aryl methyl sites for hydroxylation is 1. The molecule has 0 unspecified atom stereocenters. The van der Waals surface area contributed by atoms with Crippen molar-refractivity contribution in [1.29, 1.82) is 0 Å². The van der Waals surface area contributed by atoms with Crippen molar-refractivity contribution in [2.24, 2.45) is 0 Å². The van der Waals surface area contributed by atoms with E-state index < -0.39 is 42.6 Å². The van der Waals surface area contributed by atoms with E-state index in [9.17, 15) is 23.2 Å². The zero-order chi connectivity index (χ0) is 22.4. The van der Waals surface area contributed by atoms with Crippen molar-refractivity contribution in [3.63, 3.8) is 0 Å². The van der Waals surface area contributed by atoms with Gasteiger partial charge in [0.1, 0.15) is 5.76 Å². The van der Waals surface area contributed by atoms with Gasteiger partial charge in [0.15, 0.2) is 18.2 Å². The van der Waals surface area contributed by atoms with Crippen LogP contribution in [0.2, 0.25) is 0 Å². The zero-order valence-electron chi connectivity index (χ0n) is 16.2. The second kappa shape index (κ2) is 9.94. The summed E-state index contributed by atoms with van der Waals surface area (Å²) in [7, 11) is 0. The molecule has 0 spiro atoms. The van der Waals surface area contributed by atoms with Crippen LogP contribution in [-0.4, -0.2) is 35.9 Å². The largest absolute Gasteiger partial charge is 0.455 e. The molecular weight excluding hydrogens is 432 g/mol. The number of nitrogens with one attached hydrogen (secondary N) is 2. The predicted molar refractivity (Wildman–Crippen MR) is 107 cm³/mol. The van der Waals surface area contributed by atoms with E-state index in [1.807, 2.05) is 17.5 Å². The lowest BCUT2D eigenvalue weighted by molar-refractivity contribution is -0.148. The maximum Gasteiger partial charge on any atom is 0.312 e. The molecule has 2 heterocycles. The van der Waals surface area contributed by atoms with E-state index in [1.54, 1.807) is 6.92 Å². The fraction of sp³-hybridized carbons (Fsp3) is 0.200. The highest BCUT2D eigenvalue weighted by molar-refractivity contribution is 7.13. The van der Waals surface area contributed by atoms with Gasteiger partial charge in [-0.25, -0.2) is 13.8 Å². The average molecular weight is 449 g/mol. The van der Waals surface area contributed by atoms with E-state index in [2.05, 4.69) is 15.6 Å². The third-order valence-corrected chi connectivity index (χ3v) is 4.81. The minimum absolute atomic E-state index is 0.0366. The summed E-state index contributed by atoms with van der Waals surface area (Å²) in [5.74, 6) is -3.33. The van der Waals surface area contributed by atoms with Crippen LogP contribution in [0.5, 0.6) is 0 Å². The first-order valence-electron chi connectivity index (χ1n) is 8.99. The Bertz CT molecular complexity index is 1100. The molecule has 2 amide bonds. The molecule has 11 heteroatoms. The molecule has 0 aliphatic heterocycles. The molecule has 0 radical (unpaired) electrons. The highest BCUT2D eigenvalue weighted by Gasteiger charge is 2.17. The van der Waals surface area contributed by atoms with Crippen LogP contribution in [0.4, 0.5) is 14.5 Å². The third kappa shape index (κ3) is 6.19. The van der Waals surface area contributed by atoms with Gasteiger partial charge in [0.05, 0.1) is 23.5 Å². The number of ether oxygens (including phenoxy) is 1. The van der Waals surface area contributed by atoms with Crippen LogP contribution in [-0.2, 0) is 25.5 Å². The standard InChI is InChI=1S/C20H17F2N3O5S/c1-11-15(25-20(30-11)16-3-2-6-31-16)8-19(28)29-10-18(27)23-9-17(26)24-12-4-5-13(21)14(22)7-12/h2-7H,8-10H2,1H3,(H,23,27)(H,24,26). The minimum Gasteiger partial charge on any atom is -0.455 e. The lowest BCUT2D eigenvalue weighted by Gasteiger charge is -2.08. The van der Waals surface area contributed by atoms with E-state index in [-0.39, 0.29) is 12.1 Å². The Morgan fingerprint density at radius 3 is 2.68 bits per heavy atom. The second-order valence-corrected chi connectivity index (χ2v) is 7.24. The number of thiophene rings is 1. The van der Waals surface area contributed by atoms with Crippen LogP contribution in [0.1, 0.15) is 11.5 Å². The number of halogens is 2. The number of amides is 2. The number of benzene rings is 1. The Balaban J connectivity index is 1.40. The van der Waals surface area contributed by atoms with E-state index in [1.165, 1.54) is 17.4 Å². The molecule has 0 atom stereocenters. The van der Waals surface area contributed by atoms with Crippen LogP contribution < -0.4 is 10.6 Å². The van der Waals surface area contributed by atoms with Crippen LogP contribution in [0.25, 0.3) is 10.8 Å². The zero-order valence-corrected chi connectivity index (χ0v) is 17.1. The van der Waals surface area contributed by atoms with Crippen molar-refractivity contribution < 1.29 is 32.3 Å². The number of aromatic nitrogens is 1. The van der Waals surface area contributed by atoms with Gasteiger partial charge in [0, 0.05) is 11.8 Å². The highest BCUT2D eigenvalue weighted by atomic mass is 32.1. The van der Waals surface area contributed by atoms with Gasteiger partial charge in [0.25, 0.3) is 5.91 Å². The summed E-state index contributed by atoms with van der Waals surface area (Å²) in [6, 6.07) is 6.54. The molecule has 31 heavy (non-hydrogen) atoms. The van der Waals surface area contributed by atoms with Gasteiger partial charge >= 0.3 is 5.97 Å².